The van der Waals surface area contributed by atoms with E-state index in [1.165, 1.54) is 6.07 Å². The molecule has 3 atom stereocenters. The van der Waals surface area contributed by atoms with E-state index in [0.717, 1.165) is 18.5 Å². The van der Waals surface area contributed by atoms with Crippen molar-refractivity contribution in [1.82, 2.24) is 25.5 Å². The summed E-state index contributed by atoms with van der Waals surface area (Å²) < 4.78 is 16.0. The minimum absolute atomic E-state index is 0.00244. The number of likely N-dealkylation sites (tertiary alicyclic amines) is 1. The van der Waals surface area contributed by atoms with Gasteiger partial charge in [-0.2, -0.15) is 5.10 Å². The number of aryl methyl sites for hydroxylation is 1. The summed E-state index contributed by atoms with van der Waals surface area (Å²) in [5.41, 5.74) is 8.76. The lowest BCUT2D eigenvalue weighted by molar-refractivity contribution is 0.0641. The van der Waals surface area contributed by atoms with Crippen molar-refractivity contribution in [3.63, 3.8) is 0 Å². The number of aromatic nitrogens is 2. The smallest absolute Gasteiger partial charge is 0.272 e. The summed E-state index contributed by atoms with van der Waals surface area (Å²) in [6.07, 6.45) is 1.69. The van der Waals surface area contributed by atoms with Crippen LogP contribution in [0.2, 0.25) is 0 Å². The van der Waals surface area contributed by atoms with E-state index in [1.54, 1.807) is 10.7 Å². The maximum absolute atomic E-state index is 14.3. The largest absolute Gasteiger partial charge is 0.337 e. The highest BCUT2D eigenvalue weighted by Gasteiger charge is 2.42. The molecule has 4 rings (SSSR count). The second-order valence-electron chi connectivity index (χ2n) is 8.34. The number of hydrogen-bond donors (Lipinski definition) is 2. The molecule has 2 aliphatic rings. The van der Waals surface area contributed by atoms with Crippen LogP contribution in [0.3, 0.4) is 0 Å². The Labute approximate surface area is 165 Å². The number of nitrogens with zero attached hydrogens (tertiary/aromatic N) is 3. The minimum Gasteiger partial charge on any atom is -0.337 e. The van der Waals surface area contributed by atoms with Gasteiger partial charge in [0, 0.05) is 37.7 Å². The average molecular weight is 385 g/mol. The Balaban J connectivity index is 1.52. The number of hydrazine groups is 1. The molecule has 0 bridgehead atoms. The van der Waals surface area contributed by atoms with Crippen LogP contribution in [0.4, 0.5) is 4.39 Å². The summed E-state index contributed by atoms with van der Waals surface area (Å²) in [6, 6.07) is 8.85. The van der Waals surface area contributed by atoms with E-state index in [9.17, 15) is 9.18 Å². The van der Waals surface area contributed by atoms with Crippen molar-refractivity contribution >= 4 is 5.91 Å². The fourth-order valence-electron chi connectivity index (χ4n) is 4.43. The van der Waals surface area contributed by atoms with Crippen molar-refractivity contribution in [2.75, 3.05) is 13.1 Å². The molecule has 0 aliphatic carbocycles. The first-order chi connectivity index (χ1) is 13.4. The molecule has 2 saturated heterocycles. The van der Waals surface area contributed by atoms with Gasteiger partial charge < -0.3 is 4.90 Å². The lowest BCUT2D eigenvalue weighted by Gasteiger charge is -2.36. The Morgan fingerprint density at radius 1 is 1.32 bits per heavy atom. The fourth-order valence-corrected chi connectivity index (χ4v) is 4.43. The molecule has 1 amide bonds. The third-order valence-corrected chi connectivity index (χ3v) is 5.80. The molecule has 0 spiro atoms. The summed E-state index contributed by atoms with van der Waals surface area (Å²) >= 11 is 0. The van der Waals surface area contributed by atoms with Crippen LogP contribution in [-0.4, -0.2) is 39.7 Å². The molecule has 3 heterocycles. The maximum atomic E-state index is 14.3. The summed E-state index contributed by atoms with van der Waals surface area (Å²) in [6.45, 7) is 5.56. The summed E-state index contributed by atoms with van der Waals surface area (Å²) in [4.78, 5) is 15.1. The third-order valence-electron chi connectivity index (χ3n) is 5.80. The first kappa shape index (κ1) is 19.1. The predicted octanol–water partition coefficient (Wildman–Crippen LogP) is 2.44. The molecule has 2 aliphatic heterocycles. The molecule has 1 aromatic heterocycles. The quantitative estimate of drug-likeness (QED) is 0.849. The Bertz CT molecular complexity index is 864. The molecule has 1 aromatic carbocycles. The van der Waals surface area contributed by atoms with E-state index in [4.69, 9.17) is 0 Å². The molecule has 2 fully saturated rings. The minimum atomic E-state index is -0.212. The molecular formula is C21H28FN5O. The van der Waals surface area contributed by atoms with Gasteiger partial charge in [0.15, 0.2) is 0 Å². The van der Waals surface area contributed by atoms with Crippen LogP contribution < -0.4 is 10.9 Å². The van der Waals surface area contributed by atoms with Crippen molar-refractivity contribution in [3.05, 3.63) is 53.1 Å². The monoisotopic (exact) mass is 385 g/mol. The number of rotatable bonds is 4. The molecule has 0 radical (unpaired) electrons. The molecular weight excluding hydrogens is 357 g/mol. The first-order valence-corrected chi connectivity index (χ1v) is 10.0. The van der Waals surface area contributed by atoms with E-state index < -0.39 is 0 Å². The first-order valence-electron chi connectivity index (χ1n) is 10.0. The van der Waals surface area contributed by atoms with Crippen LogP contribution in [-0.2, 0) is 13.5 Å². The molecule has 150 valence electrons. The van der Waals surface area contributed by atoms with Gasteiger partial charge in [0.1, 0.15) is 11.5 Å². The molecule has 28 heavy (non-hydrogen) atoms. The Kier molecular flexibility index (Phi) is 5.21. The van der Waals surface area contributed by atoms with Crippen molar-refractivity contribution in [2.24, 2.45) is 18.9 Å². The number of piperidine rings is 1. The molecule has 6 nitrogen and oxygen atoms in total. The number of carbonyl (C=O) groups is 1. The van der Waals surface area contributed by atoms with E-state index >= 15 is 0 Å². The standard InChI is InChI=1S/C21H28FN5O/c1-13(2)10-14-11-19(26(3)25-14)21(28)27-9-8-18-16(12-27)20(24-23-18)15-6-4-5-7-17(15)22/h4-7,11,13,16,18,20,23-24H,8-10,12H2,1-3H3. The molecule has 3 unspecified atom stereocenters. The summed E-state index contributed by atoms with van der Waals surface area (Å²) in [7, 11) is 1.82. The van der Waals surface area contributed by atoms with Crippen molar-refractivity contribution in [3.8, 4) is 0 Å². The number of nitrogens with one attached hydrogen (secondary N) is 2. The molecule has 2 aromatic rings. The number of amides is 1. The van der Waals surface area contributed by atoms with Gasteiger partial charge in [-0.05, 0) is 30.9 Å². The second-order valence-corrected chi connectivity index (χ2v) is 8.34. The van der Waals surface area contributed by atoms with E-state index in [0.29, 0.717) is 30.3 Å². The van der Waals surface area contributed by atoms with Crippen LogP contribution in [0.25, 0.3) is 0 Å². The van der Waals surface area contributed by atoms with E-state index in [-0.39, 0.29) is 29.7 Å². The number of fused-ring (bicyclic) bond motifs is 1. The Hall–Kier alpha value is -2.25. The van der Waals surface area contributed by atoms with Crippen molar-refractivity contribution < 1.29 is 9.18 Å². The van der Waals surface area contributed by atoms with Gasteiger partial charge in [0.25, 0.3) is 5.91 Å². The lowest BCUT2D eigenvalue weighted by atomic mass is 9.85. The molecule has 0 saturated carbocycles. The molecule has 7 heteroatoms. The third kappa shape index (κ3) is 3.56. The highest BCUT2D eigenvalue weighted by atomic mass is 19.1. The van der Waals surface area contributed by atoms with Gasteiger partial charge in [-0.15, -0.1) is 0 Å². The normalized spacial score (nSPS) is 24.6. The topological polar surface area (TPSA) is 62.2 Å². The van der Waals surface area contributed by atoms with Gasteiger partial charge in [-0.3, -0.25) is 14.9 Å². The van der Waals surface area contributed by atoms with Crippen LogP contribution in [0, 0.1) is 17.7 Å². The zero-order valence-corrected chi connectivity index (χ0v) is 16.7. The van der Waals surface area contributed by atoms with E-state index in [2.05, 4.69) is 29.8 Å². The zero-order valence-electron chi connectivity index (χ0n) is 16.7. The van der Waals surface area contributed by atoms with E-state index in [1.807, 2.05) is 30.1 Å². The fraction of sp³-hybridized carbons (Fsp3) is 0.524. The van der Waals surface area contributed by atoms with Crippen LogP contribution in [0.5, 0.6) is 0 Å². The Morgan fingerprint density at radius 2 is 2.11 bits per heavy atom. The lowest BCUT2D eigenvalue weighted by Crippen LogP contribution is -2.48. The van der Waals surface area contributed by atoms with Crippen molar-refractivity contribution in [2.45, 2.75) is 38.8 Å². The zero-order chi connectivity index (χ0) is 19.8. The highest BCUT2D eigenvalue weighted by Crippen LogP contribution is 2.35. The van der Waals surface area contributed by atoms with Gasteiger partial charge in [0.2, 0.25) is 0 Å². The summed E-state index contributed by atoms with van der Waals surface area (Å²) in [5.74, 6) is 0.405. The van der Waals surface area contributed by atoms with Crippen LogP contribution >= 0.6 is 0 Å². The van der Waals surface area contributed by atoms with Gasteiger partial charge >= 0.3 is 0 Å². The number of halogens is 1. The van der Waals surface area contributed by atoms with Crippen LogP contribution in [0.1, 0.15) is 48.1 Å². The SMILES string of the molecule is CC(C)Cc1cc(C(=O)N2CCC3NNC(c4ccccc4F)C3C2)n(C)n1. The predicted molar refractivity (Wildman–Crippen MR) is 105 cm³/mol. The number of hydrogen-bond acceptors (Lipinski definition) is 4. The van der Waals surface area contributed by atoms with Gasteiger partial charge in [-0.25, -0.2) is 9.82 Å². The summed E-state index contributed by atoms with van der Waals surface area (Å²) in [5, 5.41) is 4.50. The second kappa shape index (κ2) is 7.64. The van der Waals surface area contributed by atoms with Crippen molar-refractivity contribution in [1.29, 1.82) is 0 Å². The average Bonchev–Trinajstić information content (AvgIpc) is 3.24. The van der Waals surface area contributed by atoms with Gasteiger partial charge in [-0.1, -0.05) is 32.0 Å². The molecule has 2 N–H and O–H groups in total. The Morgan fingerprint density at radius 3 is 2.86 bits per heavy atom. The van der Waals surface area contributed by atoms with Gasteiger partial charge in [0.05, 0.1) is 11.7 Å². The highest BCUT2D eigenvalue weighted by molar-refractivity contribution is 5.92. The van der Waals surface area contributed by atoms with Crippen LogP contribution in [0.15, 0.2) is 30.3 Å². The maximum Gasteiger partial charge on any atom is 0.272 e. The number of carbonyl (C=O) groups excluding carboxylic acids is 1. The number of benzene rings is 1.